The van der Waals surface area contributed by atoms with Crippen molar-refractivity contribution < 1.29 is 17.6 Å². The first-order valence-corrected chi connectivity index (χ1v) is 12.5. The topological polar surface area (TPSA) is 66.5 Å². The summed E-state index contributed by atoms with van der Waals surface area (Å²) in [5.74, 6) is -0.840. The average Bonchev–Trinajstić information content (AvgIpc) is 3.30. The minimum atomic E-state index is -3.88. The van der Waals surface area contributed by atoms with Gasteiger partial charge >= 0.3 is 0 Å². The third kappa shape index (κ3) is 4.92. The van der Waals surface area contributed by atoms with Crippen molar-refractivity contribution in [1.82, 2.24) is 9.62 Å². The molecule has 0 unspecified atom stereocenters. The van der Waals surface area contributed by atoms with Crippen LogP contribution < -0.4 is 5.32 Å². The Bertz CT molecular complexity index is 1210. The van der Waals surface area contributed by atoms with Gasteiger partial charge in [-0.1, -0.05) is 46.3 Å². The molecule has 3 aromatic carbocycles. The molecule has 0 radical (unpaired) electrons. The first-order valence-electron chi connectivity index (χ1n) is 10.2. The summed E-state index contributed by atoms with van der Waals surface area (Å²) < 4.78 is 41.4. The fourth-order valence-corrected chi connectivity index (χ4v) is 5.76. The van der Waals surface area contributed by atoms with Crippen LogP contribution in [-0.4, -0.2) is 31.2 Å². The molecular weight excluding hydrogens is 495 g/mol. The highest BCUT2D eigenvalue weighted by molar-refractivity contribution is 9.10. The van der Waals surface area contributed by atoms with Gasteiger partial charge in [0.2, 0.25) is 15.9 Å². The van der Waals surface area contributed by atoms with Crippen LogP contribution in [0, 0.1) is 5.82 Å². The summed E-state index contributed by atoms with van der Waals surface area (Å²) >= 11 is 3.43. The van der Waals surface area contributed by atoms with Gasteiger partial charge in [-0.3, -0.25) is 4.79 Å². The Morgan fingerprint density at radius 3 is 2.47 bits per heavy atom. The van der Waals surface area contributed by atoms with Crippen molar-refractivity contribution in [1.29, 1.82) is 0 Å². The number of nitrogens with one attached hydrogen (secondary N) is 1. The van der Waals surface area contributed by atoms with Crippen molar-refractivity contribution >= 4 is 31.9 Å². The Kier molecular flexibility index (Phi) is 6.74. The fourth-order valence-electron chi connectivity index (χ4n) is 3.84. The fraction of sp³-hybridized carbons (Fsp3) is 0.208. The van der Waals surface area contributed by atoms with Crippen LogP contribution >= 0.6 is 15.9 Å². The predicted molar refractivity (Wildman–Crippen MR) is 125 cm³/mol. The lowest BCUT2D eigenvalue weighted by Gasteiger charge is -2.23. The molecule has 0 bridgehead atoms. The number of benzene rings is 3. The van der Waals surface area contributed by atoms with Gasteiger partial charge in [0.25, 0.3) is 0 Å². The molecule has 1 aliphatic rings. The number of hydrogen-bond acceptors (Lipinski definition) is 3. The smallest absolute Gasteiger partial charge is 0.243 e. The van der Waals surface area contributed by atoms with E-state index in [1.165, 1.54) is 16.4 Å². The monoisotopic (exact) mass is 516 g/mol. The molecule has 0 spiro atoms. The second-order valence-corrected chi connectivity index (χ2v) is 10.5. The summed E-state index contributed by atoms with van der Waals surface area (Å²) in [7, 11) is -3.88. The van der Waals surface area contributed by atoms with Gasteiger partial charge in [0, 0.05) is 17.6 Å². The molecule has 0 aliphatic carbocycles. The Labute approximate surface area is 195 Å². The van der Waals surface area contributed by atoms with E-state index in [1.807, 2.05) is 48.5 Å². The molecule has 1 atom stereocenters. The van der Waals surface area contributed by atoms with E-state index in [0.717, 1.165) is 33.3 Å². The number of rotatable bonds is 6. The normalized spacial score (nSPS) is 16.8. The van der Waals surface area contributed by atoms with Crippen LogP contribution in [0.2, 0.25) is 0 Å². The van der Waals surface area contributed by atoms with E-state index in [2.05, 4.69) is 21.2 Å². The number of amides is 1. The van der Waals surface area contributed by atoms with Crippen LogP contribution in [0.1, 0.15) is 18.4 Å². The molecule has 4 rings (SSSR count). The van der Waals surface area contributed by atoms with Gasteiger partial charge in [-0.2, -0.15) is 4.31 Å². The quantitative estimate of drug-likeness (QED) is 0.515. The predicted octanol–water partition coefficient (Wildman–Crippen LogP) is 4.72. The number of carbonyl (C=O) groups excluding carboxylic acids is 1. The van der Waals surface area contributed by atoms with Gasteiger partial charge in [-0.15, -0.1) is 0 Å². The highest BCUT2D eigenvalue weighted by atomic mass is 79.9. The Hall–Kier alpha value is -2.55. The molecule has 166 valence electrons. The van der Waals surface area contributed by atoms with E-state index in [9.17, 15) is 17.6 Å². The van der Waals surface area contributed by atoms with Crippen molar-refractivity contribution in [2.75, 3.05) is 6.54 Å². The highest BCUT2D eigenvalue weighted by Gasteiger charge is 2.39. The number of nitrogens with zero attached hydrogens (tertiary/aromatic N) is 1. The molecule has 5 nitrogen and oxygen atoms in total. The zero-order chi connectivity index (χ0) is 22.7. The zero-order valence-corrected chi connectivity index (χ0v) is 19.6. The minimum Gasteiger partial charge on any atom is -0.351 e. The number of halogens is 2. The second kappa shape index (κ2) is 9.52. The maximum atomic E-state index is 13.2. The third-order valence-electron chi connectivity index (χ3n) is 5.50. The molecule has 3 aromatic rings. The Morgan fingerprint density at radius 2 is 1.75 bits per heavy atom. The lowest BCUT2D eigenvalue weighted by Crippen LogP contribution is -2.45. The van der Waals surface area contributed by atoms with Crippen molar-refractivity contribution in [3.8, 4) is 11.1 Å². The van der Waals surface area contributed by atoms with Gasteiger partial charge in [-0.25, -0.2) is 12.8 Å². The molecule has 0 saturated carbocycles. The summed E-state index contributed by atoms with van der Waals surface area (Å²) in [6.07, 6.45) is 1.04. The van der Waals surface area contributed by atoms with Crippen molar-refractivity contribution in [3.63, 3.8) is 0 Å². The van der Waals surface area contributed by atoms with Gasteiger partial charge < -0.3 is 5.32 Å². The van der Waals surface area contributed by atoms with Crippen LogP contribution in [0.15, 0.2) is 82.2 Å². The van der Waals surface area contributed by atoms with Gasteiger partial charge in [-0.05, 0) is 72.0 Å². The summed E-state index contributed by atoms with van der Waals surface area (Å²) in [5.41, 5.74) is 3.02. The van der Waals surface area contributed by atoms with E-state index in [0.29, 0.717) is 19.4 Å². The van der Waals surface area contributed by atoms with Gasteiger partial charge in [0.15, 0.2) is 0 Å². The van der Waals surface area contributed by atoms with Crippen molar-refractivity contribution in [2.24, 2.45) is 0 Å². The SMILES string of the molecule is O=C(NCc1cccc(-c2ccc(Br)cc2)c1)[C@@H]1CCCN1S(=O)(=O)c1ccc(F)cc1. The highest BCUT2D eigenvalue weighted by Crippen LogP contribution is 2.27. The van der Waals surface area contributed by atoms with Gasteiger partial charge in [0.1, 0.15) is 11.9 Å². The van der Waals surface area contributed by atoms with Crippen LogP contribution in [0.3, 0.4) is 0 Å². The largest absolute Gasteiger partial charge is 0.351 e. The molecule has 1 heterocycles. The summed E-state index contributed by atoms with van der Waals surface area (Å²) in [4.78, 5) is 12.9. The second-order valence-electron chi connectivity index (χ2n) is 7.65. The maximum Gasteiger partial charge on any atom is 0.243 e. The Balaban J connectivity index is 1.45. The summed E-state index contributed by atoms with van der Waals surface area (Å²) in [6.45, 7) is 0.557. The molecule has 32 heavy (non-hydrogen) atoms. The molecule has 1 saturated heterocycles. The van der Waals surface area contributed by atoms with Crippen molar-refractivity contribution in [2.45, 2.75) is 30.3 Å². The van der Waals surface area contributed by atoms with Crippen LogP contribution in [0.25, 0.3) is 11.1 Å². The van der Waals surface area contributed by atoms with Gasteiger partial charge in [0.05, 0.1) is 4.90 Å². The maximum absolute atomic E-state index is 13.2. The van der Waals surface area contributed by atoms with Crippen LogP contribution in [0.5, 0.6) is 0 Å². The average molecular weight is 517 g/mol. The van der Waals surface area contributed by atoms with Crippen LogP contribution in [0.4, 0.5) is 4.39 Å². The zero-order valence-electron chi connectivity index (χ0n) is 17.2. The molecule has 1 fully saturated rings. The van der Waals surface area contributed by atoms with E-state index in [1.54, 1.807) is 0 Å². The summed E-state index contributed by atoms with van der Waals surface area (Å²) in [5, 5.41) is 2.88. The Morgan fingerprint density at radius 1 is 1.03 bits per heavy atom. The molecule has 1 amide bonds. The first-order chi connectivity index (χ1) is 15.3. The lowest BCUT2D eigenvalue weighted by atomic mass is 10.0. The number of hydrogen-bond donors (Lipinski definition) is 1. The molecule has 1 aliphatic heterocycles. The first kappa shape index (κ1) is 22.6. The molecule has 8 heteroatoms. The van der Waals surface area contributed by atoms with E-state index in [-0.39, 0.29) is 17.3 Å². The minimum absolute atomic E-state index is 0.0131. The van der Waals surface area contributed by atoms with Crippen LogP contribution in [-0.2, 0) is 21.4 Å². The molecular formula is C24H22BrFN2O3S. The van der Waals surface area contributed by atoms with Crippen molar-refractivity contribution in [3.05, 3.63) is 88.6 Å². The molecule has 0 aromatic heterocycles. The summed E-state index contributed by atoms with van der Waals surface area (Å²) in [6, 6.07) is 19.7. The van der Waals surface area contributed by atoms with E-state index < -0.39 is 21.9 Å². The van der Waals surface area contributed by atoms with E-state index in [4.69, 9.17) is 0 Å². The molecule has 1 N–H and O–H groups in total. The number of carbonyl (C=O) groups is 1. The van der Waals surface area contributed by atoms with E-state index >= 15 is 0 Å². The standard InChI is InChI=1S/C24H22BrFN2O3S/c25-20-8-6-18(7-9-20)19-4-1-3-17(15-19)16-27-24(29)23-5-2-14-28(23)32(30,31)22-12-10-21(26)11-13-22/h1,3-4,6-13,15,23H,2,5,14,16H2,(H,27,29)/t23-/m0/s1. The third-order valence-corrected chi connectivity index (χ3v) is 7.95. The number of sulfonamides is 1. The lowest BCUT2D eigenvalue weighted by molar-refractivity contribution is -0.124.